The highest BCUT2D eigenvalue weighted by Gasteiger charge is 2.20. The molecule has 0 aliphatic rings. The summed E-state index contributed by atoms with van der Waals surface area (Å²) in [5.74, 6) is 2.84. The van der Waals surface area contributed by atoms with E-state index in [1.54, 1.807) is 26.2 Å². The zero-order valence-electron chi connectivity index (χ0n) is 10.6. The number of terminal acetylenes is 1. The number of benzene rings is 1. The zero-order chi connectivity index (χ0) is 13.4. The van der Waals surface area contributed by atoms with E-state index in [9.17, 15) is 4.79 Å². The van der Waals surface area contributed by atoms with Gasteiger partial charge >= 0.3 is 5.97 Å². The molecule has 0 aliphatic heterocycles. The quantitative estimate of drug-likeness (QED) is 0.611. The van der Waals surface area contributed by atoms with Crippen LogP contribution in [-0.4, -0.2) is 26.2 Å². The van der Waals surface area contributed by atoms with E-state index in [1.807, 2.05) is 12.1 Å². The molecule has 1 rings (SSSR count). The van der Waals surface area contributed by atoms with E-state index in [0.29, 0.717) is 13.2 Å². The molecule has 0 aliphatic carbocycles. The highest BCUT2D eigenvalue weighted by molar-refractivity contribution is 5.77. The molecule has 0 heterocycles. The lowest BCUT2D eigenvalue weighted by Gasteiger charge is -2.16. The summed E-state index contributed by atoms with van der Waals surface area (Å²) < 4.78 is 10.1. The predicted molar refractivity (Wildman–Crippen MR) is 69.2 cm³/mol. The van der Waals surface area contributed by atoms with Gasteiger partial charge in [0.15, 0.2) is 0 Å². The lowest BCUT2D eigenvalue weighted by atomic mass is 10.1. The molecule has 0 amide bonds. The van der Waals surface area contributed by atoms with Gasteiger partial charge in [-0.25, -0.2) is 4.79 Å². The minimum absolute atomic E-state index is 0.301. The van der Waals surface area contributed by atoms with Gasteiger partial charge in [-0.05, 0) is 24.6 Å². The molecule has 0 aromatic heterocycles. The lowest BCUT2D eigenvalue weighted by molar-refractivity contribution is -0.145. The van der Waals surface area contributed by atoms with Crippen LogP contribution in [0, 0.1) is 12.3 Å². The summed E-state index contributed by atoms with van der Waals surface area (Å²) in [4.78, 5) is 11.8. The third-order valence-corrected chi connectivity index (χ3v) is 2.38. The molecule has 0 fully saturated rings. The topological polar surface area (TPSA) is 47.6 Å². The molecule has 96 valence electrons. The molecule has 1 N–H and O–H groups in total. The molecule has 0 radical (unpaired) electrons. The van der Waals surface area contributed by atoms with Crippen LogP contribution < -0.4 is 10.1 Å². The molecule has 4 nitrogen and oxygen atoms in total. The van der Waals surface area contributed by atoms with Gasteiger partial charge < -0.3 is 9.47 Å². The van der Waals surface area contributed by atoms with Crippen molar-refractivity contribution in [3.05, 3.63) is 29.8 Å². The Labute approximate surface area is 107 Å². The average Bonchev–Trinajstić information content (AvgIpc) is 2.40. The smallest absolute Gasteiger partial charge is 0.327 e. The fourth-order valence-electron chi connectivity index (χ4n) is 1.52. The zero-order valence-corrected chi connectivity index (χ0v) is 10.6. The van der Waals surface area contributed by atoms with Crippen molar-refractivity contribution in [2.45, 2.75) is 13.0 Å². The second-order valence-corrected chi connectivity index (χ2v) is 3.54. The number of rotatable bonds is 6. The van der Waals surface area contributed by atoms with Crippen LogP contribution in [0.3, 0.4) is 0 Å². The van der Waals surface area contributed by atoms with E-state index >= 15 is 0 Å². The third kappa shape index (κ3) is 3.79. The number of carbonyl (C=O) groups is 1. The van der Waals surface area contributed by atoms with Gasteiger partial charge in [-0.15, -0.1) is 6.42 Å². The predicted octanol–water partition coefficient (Wildman–Crippen LogP) is 1.52. The Morgan fingerprint density at radius 3 is 2.61 bits per heavy atom. The highest BCUT2D eigenvalue weighted by Crippen LogP contribution is 2.18. The van der Waals surface area contributed by atoms with E-state index < -0.39 is 6.04 Å². The van der Waals surface area contributed by atoms with E-state index in [-0.39, 0.29) is 5.97 Å². The fourth-order valence-corrected chi connectivity index (χ4v) is 1.52. The minimum Gasteiger partial charge on any atom is -0.497 e. The van der Waals surface area contributed by atoms with Gasteiger partial charge in [-0.1, -0.05) is 18.1 Å². The normalized spacial score (nSPS) is 11.4. The van der Waals surface area contributed by atoms with E-state index in [0.717, 1.165) is 11.3 Å². The Bertz CT molecular complexity index is 420. The van der Waals surface area contributed by atoms with Crippen molar-refractivity contribution in [3.63, 3.8) is 0 Å². The second-order valence-electron chi connectivity index (χ2n) is 3.54. The summed E-state index contributed by atoms with van der Waals surface area (Å²) in [6.07, 6.45) is 5.19. The number of methoxy groups -OCH3 is 1. The van der Waals surface area contributed by atoms with Crippen LogP contribution in [0.15, 0.2) is 24.3 Å². The van der Waals surface area contributed by atoms with Crippen LogP contribution in [0.5, 0.6) is 5.75 Å². The number of hydrogen-bond donors (Lipinski definition) is 1. The number of carbonyl (C=O) groups excluding carboxylic acids is 1. The van der Waals surface area contributed by atoms with Crippen molar-refractivity contribution in [2.75, 3.05) is 20.3 Å². The summed E-state index contributed by atoms with van der Waals surface area (Å²) in [7, 11) is 1.59. The van der Waals surface area contributed by atoms with Crippen molar-refractivity contribution >= 4 is 5.97 Å². The number of esters is 1. The van der Waals surface area contributed by atoms with Gasteiger partial charge in [0.05, 0.1) is 20.3 Å². The number of nitrogens with one attached hydrogen (secondary N) is 1. The van der Waals surface area contributed by atoms with E-state index in [1.165, 1.54) is 0 Å². The molecule has 0 bridgehead atoms. The molecule has 0 spiro atoms. The molecule has 1 atom stereocenters. The van der Waals surface area contributed by atoms with Crippen molar-refractivity contribution in [1.29, 1.82) is 0 Å². The van der Waals surface area contributed by atoms with Crippen LogP contribution in [0.1, 0.15) is 18.5 Å². The van der Waals surface area contributed by atoms with Crippen LogP contribution >= 0.6 is 0 Å². The Morgan fingerprint density at radius 1 is 1.44 bits per heavy atom. The minimum atomic E-state index is -0.549. The average molecular weight is 247 g/mol. The van der Waals surface area contributed by atoms with Gasteiger partial charge in [-0.2, -0.15) is 0 Å². The maximum Gasteiger partial charge on any atom is 0.327 e. The molecular formula is C14H17NO3. The first-order valence-electron chi connectivity index (χ1n) is 5.70. The summed E-state index contributed by atoms with van der Waals surface area (Å²) in [5, 5.41) is 2.96. The van der Waals surface area contributed by atoms with Crippen molar-refractivity contribution < 1.29 is 14.3 Å². The van der Waals surface area contributed by atoms with Crippen LogP contribution in [0.2, 0.25) is 0 Å². The van der Waals surface area contributed by atoms with Crippen molar-refractivity contribution in [2.24, 2.45) is 0 Å². The SMILES string of the molecule is C#CCNC(C(=O)OCC)c1ccc(OC)cc1. The third-order valence-electron chi connectivity index (χ3n) is 2.38. The van der Waals surface area contributed by atoms with Gasteiger partial charge in [0.1, 0.15) is 11.8 Å². The summed E-state index contributed by atoms with van der Waals surface area (Å²) in [6, 6.07) is 6.65. The molecule has 1 aromatic carbocycles. The van der Waals surface area contributed by atoms with Crippen LogP contribution in [0.4, 0.5) is 0 Å². The van der Waals surface area contributed by atoms with Gasteiger partial charge in [0.25, 0.3) is 0 Å². The van der Waals surface area contributed by atoms with Crippen LogP contribution in [0.25, 0.3) is 0 Å². The first-order chi connectivity index (χ1) is 8.72. The van der Waals surface area contributed by atoms with Crippen molar-refractivity contribution in [1.82, 2.24) is 5.32 Å². The summed E-state index contributed by atoms with van der Waals surface area (Å²) in [5.41, 5.74) is 0.796. The standard InChI is InChI=1S/C14H17NO3/c1-4-10-15-13(14(16)18-5-2)11-6-8-12(17-3)9-7-11/h1,6-9,13,15H,5,10H2,2-3H3. The largest absolute Gasteiger partial charge is 0.497 e. The van der Waals surface area contributed by atoms with Gasteiger partial charge in [-0.3, -0.25) is 5.32 Å². The number of ether oxygens (including phenoxy) is 2. The first kappa shape index (κ1) is 14.1. The molecule has 0 saturated heterocycles. The Balaban J connectivity index is 2.86. The lowest BCUT2D eigenvalue weighted by Crippen LogP contribution is -2.30. The molecule has 18 heavy (non-hydrogen) atoms. The van der Waals surface area contributed by atoms with Gasteiger partial charge in [0, 0.05) is 0 Å². The highest BCUT2D eigenvalue weighted by atomic mass is 16.5. The van der Waals surface area contributed by atoms with Crippen molar-refractivity contribution in [3.8, 4) is 18.1 Å². The Morgan fingerprint density at radius 2 is 2.11 bits per heavy atom. The Kier molecular flexibility index (Phi) is 5.75. The molecule has 1 aromatic rings. The number of hydrogen-bond acceptors (Lipinski definition) is 4. The second kappa shape index (κ2) is 7.36. The van der Waals surface area contributed by atoms with Crippen LogP contribution in [-0.2, 0) is 9.53 Å². The molecule has 1 unspecified atom stereocenters. The maximum absolute atomic E-state index is 11.8. The van der Waals surface area contributed by atoms with E-state index in [4.69, 9.17) is 15.9 Å². The Hall–Kier alpha value is -1.99. The summed E-state index contributed by atoms with van der Waals surface area (Å²) >= 11 is 0. The first-order valence-corrected chi connectivity index (χ1v) is 5.70. The maximum atomic E-state index is 11.8. The van der Waals surface area contributed by atoms with E-state index in [2.05, 4.69) is 11.2 Å². The molecule has 0 saturated carbocycles. The molecule has 4 heteroatoms. The fraction of sp³-hybridized carbons (Fsp3) is 0.357. The monoisotopic (exact) mass is 247 g/mol. The molecular weight excluding hydrogens is 230 g/mol. The van der Waals surface area contributed by atoms with Gasteiger partial charge in [0.2, 0.25) is 0 Å². The summed E-state index contributed by atoms with van der Waals surface area (Å²) in [6.45, 7) is 2.41.